The molecule has 4 rings (SSSR count). The van der Waals surface area contributed by atoms with E-state index in [1.54, 1.807) is 18.2 Å². The van der Waals surface area contributed by atoms with Gasteiger partial charge in [-0.2, -0.15) is 4.31 Å². The number of nitrogens with zero attached hydrogens (tertiary/aromatic N) is 2. The number of benzene rings is 2. The zero-order valence-corrected chi connectivity index (χ0v) is 21.1. The number of carbonyl (C=O) groups excluding carboxylic acids is 1. The highest BCUT2D eigenvalue weighted by molar-refractivity contribution is 7.94. The van der Waals surface area contributed by atoms with Crippen molar-refractivity contribution in [2.45, 2.75) is 39.2 Å². The SMILES string of the molecule is CC(=O)/C(=C(/C)N)S(=O)(=O)N1CCc2cc(O)ccc2C1c1ccc(OCCN2CCCC2)cc1. The molecule has 8 nitrogen and oxygen atoms in total. The van der Waals surface area contributed by atoms with Gasteiger partial charge in [-0.05, 0) is 87.2 Å². The van der Waals surface area contributed by atoms with Crippen LogP contribution in [-0.4, -0.2) is 61.3 Å². The minimum Gasteiger partial charge on any atom is -0.508 e. The van der Waals surface area contributed by atoms with Crippen molar-refractivity contribution in [3.05, 3.63) is 69.8 Å². The van der Waals surface area contributed by atoms with Crippen LogP contribution >= 0.6 is 0 Å². The molecule has 2 aromatic rings. The van der Waals surface area contributed by atoms with Gasteiger partial charge in [0.15, 0.2) is 5.78 Å². The molecule has 2 heterocycles. The highest BCUT2D eigenvalue weighted by Crippen LogP contribution is 2.40. The lowest BCUT2D eigenvalue weighted by Gasteiger charge is -2.37. The summed E-state index contributed by atoms with van der Waals surface area (Å²) < 4.78 is 34.6. The van der Waals surface area contributed by atoms with Crippen molar-refractivity contribution in [1.82, 2.24) is 9.21 Å². The van der Waals surface area contributed by atoms with E-state index in [1.165, 1.54) is 31.0 Å². The maximum Gasteiger partial charge on any atom is 0.249 e. The number of hydrogen-bond donors (Lipinski definition) is 2. The molecule has 0 bridgehead atoms. The molecule has 3 N–H and O–H groups in total. The summed E-state index contributed by atoms with van der Waals surface area (Å²) in [6, 6.07) is 11.7. The van der Waals surface area contributed by atoms with Gasteiger partial charge in [0.25, 0.3) is 0 Å². The summed E-state index contributed by atoms with van der Waals surface area (Å²) in [5.74, 6) is 0.246. The number of nitrogens with two attached hydrogens (primary N) is 1. The first-order chi connectivity index (χ1) is 16.7. The second-order valence-corrected chi connectivity index (χ2v) is 11.0. The van der Waals surface area contributed by atoms with Gasteiger partial charge in [0.1, 0.15) is 23.0 Å². The third-order valence-corrected chi connectivity index (χ3v) is 8.76. The van der Waals surface area contributed by atoms with Crippen molar-refractivity contribution >= 4 is 15.8 Å². The number of Topliss-reactive ketones (excluding diaryl/α,β-unsaturated/α-hetero) is 1. The van der Waals surface area contributed by atoms with Crippen LogP contribution in [0.15, 0.2) is 53.1 Å². The molecule has 0 saturated carbocycles. The Balaban J connectivity index is 1.66. The van der Waals surface area contributed by atoms with Crippen LogP contribution in [0, 0.1) is 0 Å². The number of aromatic hydroxyl groups is 1. The summed E-state index contributed by atoms with van der Waals surface area (Å²) >= 11 is 0. The summed E-state index contributed by atoms with van der Waals surface area (Å²) in [5.41, 5.74) is 8.18. The van der Waals surface area contributed by atoms with Crippen LogP contribution in [0.5, 0.6) is 11.5 Å². The number of ether oxygens (including phenoxy) is 1. The fraction of sp³-hybridized carbons (Fsp3) is 0.423. The van der Waals surface area contributed by atoms with Crippen molar-refractivity contribution in [2.24, 2.45) is 5.73 Å². The Bertz CT molecular complexity index is 1210. The molecular formula is C26H33N3O5S. The minimum atomic E-state index is -4.17. The molecule has 1 saturated heterocycles. The lowest BCUT2D eigenvalue weighted by Crippen LogP contribution is -2.42. The van der Waals surface area contributed by atoms with E-state index >= 15 is 0 Å². The minimum absolute atomic E-state index is 0.0329. The number of ketones is 1. The maximum absolute atomic E-state index is 13.7. The van der Waals surface area contributed by atoms with E-state index in [2.05, 4.69) is 4.90 Å². The Morgan fingerprint density at radius 3 is 2.40 bits per heavy atom. The number of sulfonamides is 1. The first kappa shape index (κ1) is 25.2. The average molecular weight is 500 g/mol. The molecule has 188 valence electrons. The molecule has 2 aromatic carbocycles. The smallest absolute Gasteiger partial charge is 0.249 e. The maximum atomic E-state index is 13.7. The summed E-state index contributed by atoms with van der Waals surface area (Å²) in [4.78, 5) is 14.2. The lowest BCUT2D eigenvalue weighted by atomic mass is 9.89. The zero-order valence-electron chi connectivity index (χ0n) is 20.2. The van der Waals surface area contributed by atoms with E-state index in [4.69, 9.17) is 10.5 Å². The van der Waals surface area contributed by atoms with Crippen molar-refractivity contribution in [1.29, 1.82) is 0 Å². The topological polar surface area (TPSA) is 113 Å². The highest BCUT2D eigenvalue weighted by atomic mass is 32.2. The van der Waals surface area contributed by atoms with Gasteiger partial charge in [-0.25, -0.2) is 8.42 Å². The average Bonchev–Trinajstić information content (AvgIpc) is 3.31. The number of hydrogen-bond acceptors (Lipinski definition) is 7. The monoisotopic (exact) mass is 499 g/mol. The van der Waals surface area contributed by atoms with Crippen molar-refractivity contribution in [3.63, 3.8) is 0 Å². The van der Waals surface area contributed by atoms with E-state index in [0.717, 1.165) is 36.3 Å². The Hall–Kier alpha value is -2.88. The summed E-state index contributed by atoms with van der Waals surface area (Å²) in [7, 11) is -4.17. The van der Waals surface area contributed by atoms with Gasteiger partial charge in [0.2, 0.25) is 10.0 Å². The normalized spacial score (nSPS) is 19.8. The first-order valence-corrected chi connectivity index (χ1v) is 13.4. The molecular weight excluding hydrogens is 466 g/mol. The Labute approximate surface area is 207 Å². The van der Waals surface area contributed by atoms with Crippen LogP contribution in [0.1, 0.15) is 49.4 Å². The molecule has 35 heavy (non-hydrogen) atoms. The van der Waals surface area contributed by atoms with Crippen molar-refractivity contribution in [2.75, 3.05) is 32.8 Å². The number of carbonyl (C=O) groups is 1. The number of allylic oxidation sites excluding steroid dienone is 2. The van der Waals surface area contributed by atoms with Crippen molar-refractivity contribution in [3.8, 4) is 11.5 Å². The van der Waals surface area contributed by atoms with E-state index in [0.29, 0.717) is 18.8 Å². The summed E-state index contributed by atoms with van der Waals surface area (Å²) in [5, 5.41) is 9.98. The van der Waals surface area contributed by atoms with Gasteiger partial charge in [0.05, 0.1) is 6.04 Å². The standard InChI is InChI=1S/C26H33N3O5S/c1-18(27)26(19(2)30)35(32,33)29-14-11-21-17-22(31)7-10-24(21)25(29)20-5-8-23(9-6-20)34-16-15-28-12-3-4-13-28/h5-10,17,25,31H,3-4,11-16,27H2,1-2H3/b26-18+. The van der Waals surface area contributed by atoms with Gasteiger partial charge in [-0.1, -0.05) is 18.2 Å². The van der Waals surface area contributed by atoms with Crippen LogP contribution in [0.2, 0.25) is 0 Å². The first-order valence-electron chi connectivity index (χ1n) is 11.9. The second-order valence-electron chi connectivity index (χ2n) is 9.19. The highest BCUT2D eigenvalue weighted by Gasteiger charge is 2.40. The summed E-state index contributed by atoms with van der Waals surface area (Å²) in [6.45, 7) is 6.49. The molecule has 0 amide bonds. The van der Waals surface area contributed by atoms with E-state index in [9.17, 15) is 18.3 Å². The van der Waals surface area contributed by atoms with E-state index in [-0.39, 0.29) is 22.9 Å². The molecule has 9 heteroatoms. The quantitative estimate of drug-likeness (QED) is 0.537. The van der Waals surface area contributed by atoms with E-state index < -0.39 is 21.8 Å². The zero-order chi connectivity index (χ0) is 25.2. The predicted octanol–water partition coefficient (Wildman–Crippen LogP) is 2.92. The number of likely N-dealkylation sites (tertiary alicyclic amines) is 1. The van der Waals surface area contributed by atoms with Crippen LogP contribution in [-0.2, 0) is 21.2 Å². The molecule has 2 aliphatic heterocycles. The van der Waals surface area contributed by atoms with Crippen molar-refractivity contribution < 1.29 is 23.1 Å². The van der Waals surface area contributed by atoms with Gasteiger partial charge in [-0.15, -0.1) is 0 Å². The molecule has 0 radical (unpaired) electrons. The third kappa shape index (κ3) is 5.37. The molecule has 0 spiro atoms. The number of rotatable bonds is 8. The van der Waals surface area contributed by atoms with Crippen LogP contribution < -0.4 is 10.5 Å². The Morgan fingerprint density at radius 2 is 1.77 bits per heavy atom. The number of phenols is 1. The molecule has 1 fully saturated rings. The van der Waals surface area contributed by atoms with Crippen LogP contribution in [0.3, 0.4) is 0 Å². The van der Waals surface area contributed by atoms with Gasteiger partial charge in [-0.3, -0.25) is 9.69 Å². The van der Waals surface area contributed by atoms with Crippen LogP contribution in [0.4, 0.5) is 0 Å². The fourth-order valence-corrected chi connectivity index (χ4v) is 6.87. The summed E-state index contributed by atoms with van der Waals surface area (Å²) in [6.07, 6.45) is 2.88. The van der Waals surface area contributed by atoms with E-state index in [1.807, 2.05) is 24.3 Å². The van der Waals surface area contributed by atoms with Gasteiger partial charge in [0, 0.05) is 18.8 Å². The third-order valence-electron chi connectivity index (χ3n) is 6.63. The molecule has 1 unspecified atom stereocenters. The molecule has 0 aromatic heterocycles. The van der Waals surface area contributed by atoms with Gasteiger partial charge >= 0.3 is 0 Å². The fourth-order valence-electron chi connectivity index (χ4n) is 5.02. The lowest BCUT2D eigenvalue weighted by molar-refractivity contribution is -0.113. The Morgan fingerprint density at radius 1 is 1.09 bits per heavy atom. The number of phenolic OH excluding ortho intramolecular Hbond substituents is 1. The molecule has 0 aliphatic carbocycles. The van der Waals surface area contributed by atoms with Gasteiger partial charge < -0.3 is 15.6 Å². The number of fused-ring (bicyclic) bond motifs is 1. The second kappa shape index (κ2) is 10.4. The molecule has 2 aliphatic rings. The predicted molar refractivity (Wildman–Crippen MR) is 134 cm³/mol. The van der Waals surface area contributed by atoms with Crippen LogP contribution in [0.25, 0.3) is 0 Å². The largest absolute Gasteiger partial charge is 0.508 e. The molecule has 1 atom stereocenters. The Kier molecular flexibility index (Phi) is 7.49.